The number of amides is 1. The highest BCUT2D eigenvalue weighted by Crippen LogP contribution is 2.45. The molecule has 1 fully saturated rings. The van der Waals surface area contributed by atoms with Crippen molar-refractivity contribution in [3.8, 4) is 5.75 Å². The van der Waals surface area contributed by atoms with E-state index in [0.717, 1.165) is 23.5 Å². The van der Waals surface area contributed by atoms with E-state index in [0.29, 0.717) is 43.3 Å². The molecule has 1 atom stereocenters. The summed E-state index contributed by atoms with van der Waals surface area (Å²) in [5.74, 6) is 0.137. The number of sulfonamides is 1. The van der Waals surface area contributed by atoms with Crippen LogP contribution in [0.2, 0.25) is 15.1 Å². The molecule has 0 radical (unpaired) electrons. The molecular formula is C40H35Cl3N6O5S2. The molecule has 6 aromatic rings. The fourth-order valence-corrected chi connectivity index (χ4v) is 9.45. The van der Waals surface area contributed by atoms with Gasteiger partial charge in [0, 0.05) is 53.2 Å². The van der Waals surface area contributed by atoms with Crippen molar-refractivity contribution in [3.63, 3.8) is 0 Å². The van der Waals surface area contributed by atoms with E-state index in [1.54, 1.807) is 41.3 Å². The summed E-state index contributed by atoms with van der Waals surface area (Å²) in [5.41, 5.74) is 3.26. The van der Waals surface area contributed by atoms with Crippen molar-refractivity contribution in [2.45, 2.75) is 30.5 Å². The Kier molecular flexibility index (Phi) is 11.4. The first kappa shape index (κ1) is 39.3. The molecule has 0 aliphatic carbocycles. The lowest BCUT2D eigenvalue weighted by Gasteiger charge is -2.27. The normalized spacial score (nSPS) is 14.3. The van der Waals surface area contributed by atoms with Gasteiger partial charge in [0.2, 0.25) is 5.91 Å². The van der Waals surface area contributed by atoms with Gasteiger partial charge in [-0.05, 0) is 86.1 Å². The number of halogens is 3. The summed E-state index contributed by atoms with van der Waals surface area (Å²) in [6.07, 6.45) is 0.00324. The van der Waals surface area contributed by atoms with Gasteiger partial charge in [0.25, 0.3) is 15.6 Å². The molecule has 56 heavy (non-hydrogen) atoms. The monoisotopic (exact) mass is 848 g/mol. The van der Waals surface area contributed by atoms with Crippen molar-refractivity contribution in [1.82, 2.24) is 9.66 Å². The molecule has 2 heterocycles. The summed E-state index contributed by atoms with van der Waals surface area (Å²) >= 11 is 20.5. The molecule has 1 aliphatic heterocycles. The Bertz CT molecular complexity index is 2620. The number of nitrogens with one attached hydrogen (secondary N) is 2. The average molecular weight is 850 g/mol. The lowest BCUT2D eigenvalue weighted by atomic mass is 10.1. The second-order valence-electron chi connectivity index (χ2n) is 12.8. The average Bonchev–Trinajstić information content (AvgIpc) is 3.56. The minimum absolute atomic E-state index is 0.00324. The van der Waals surface area contributed by atoms with Crippen molar-refractivity contribution in [1.29, 1.82) is 0 Å². The van der Waals surface area contributed by atoms with Gasteiger partial charge in [0.15, 0.2) is 0 Å². The molecule has 0 bridgehead atoms. The quantitative estimate of drug-likeness (QED) is 0.110. The first-order chi connectivity index (χ1) is 26.9. The number of aromatic hydroxyl groups is 1. The van der Waals surface area contributed by atoms with E-state index in [1.165, 1.54) is 54.2 Å². The molecule has 3 N–H and O–H groups in total. The molecule has 0 spiro atoms. The number of benzene rings is 5. The van der Waals surface area contributed by atoms with Crippen molar-refractivity contribution >= 4 is 96.1 Å². The molecule has 5 aromatic carbocycles. The van der Waals surface area contributed by atoms with E-state index in [-0.39, 0.29) is 45.5 Å². The highest BCUT2D eigenvalue weighted by molar-refractivity contribution is 8.00. The Balaban J connectivity index is 1.21. The predicted molar refractivity (Wildman–Crippen MR) is 227 cm³/mol. The molecule has 0 saturated carbocycles. The molecule has 1 saturated heterocycles. The first-order valence-corrected chi connectivity index (χ1v) is 21.2. The predicted octanol–water partition coefficient (Wildman–Crippen LogP) is 8.95. The van der Waals surface area contributed by atoms with Gasteiger partial charge in [-0.2, -0.15) is 13.1 Å². The Morgan fingerprint density at radius 1 is 0.893 bits per heavy atom. The van der Waals surface area contributed by atoms with Gasteiger partial charge in [-0.3, -0.25) is 14.5 Å². The van der Waals surface area contributed by atoms with Crippen LogP contribution in [0.15, 0.2) is 113 Å². The fraction of sp³-hybridized carbons (Fsp3) is 0.175. The molecule has 16 heteroatoms. The Hall–Kier alpha value is -4.92. The van der Waals surface area contributed by atoms with Crippen LogP contribution in [0.3, 0.4) is 0 Å². The van der Waals surface area contributed by atoms with Gasteiger partial charge in [0.05, 0.1) is 37.3 Å². The van der Waals surface area contributed by atoms with Gasteiger partial charge >= 0.3 is 0 Å². The Labute approximate surface area is 342 Å². The van der Waals surface area contributed by atoms with Gasteiger partial charge < -0.3 is 15.3 Å². The standard InChI is InChI=1S/C40H35Cl3N6O5S2/c1-3-47(4-2)27-15-19-30(35(50)22-27)40-48(37(51)23-55-40)26-13-16-28(17-14-26)56(53,54)46-49-36(44-34-21-25(41)12-18-29(34)39(49)52)20-24-8-5-6-11-33(24)45-38-31(42)9-7-10-32(38)43/h5-19,21-22,40,45-46,50H,3-4,20,23H2,1-2H3. The molecule has 1 aliphatic rings. The zero-order valence-corrected chi connectivity index (χ0v) is 33.9. The topological polar surface area (TPSA) is 137 Å². The van der Waals surface area contributed by atoms with Gasteiger partial charge in [-0.25, -0.2) is 9.82 Å². The van der Waals surface area contributed by atoms with E-state index in [4.69, 9.17) is 39.8 Å². The van der Waals surface area contributed by atoms with E-state index < -0.39 is 21.0 Å². The minimum Gasteiger partial charge on any atom is -0.507 e. The number of hydrogen-bond acceptors (Lipinski definition) is 9. The largest absolute Gasteiger partial charge is 0.507 e. The van der Waals surface area contributed by atoms with Crippen LogP contribution in [0.1, 0.15) is 36.2 Å². The number of nitrogens with zero attached hydrogens (tertiary/aromatic N) is 4. The van der Waals surface area contributed by atoms with Gasteiger partial charge in [-0.1, -0.05) is 65.1 Å². The highest BCUT2D eigenvalue weighted by Gasteiger charge is 2.36. The van der Waals surface area contributed by atoms with E-state index in [2.05, 4.69) is 15.0 Å². The molecule has 288 valence electrons. The number of rotatable bonds is 12. The maximum Gasteiger partial charge on any atom is 0.280 e. The third kappa shape index (κ3) is 7.87. The lowest BCUT2D eigenvalue weighted by molar-refractivity contribution is -0.115. The number of phenolic OH excluding ortho intramolecular Hbond substituents is 1. The number of fused-ring (bicyclic) bond motifs is 1. The zero-order chi connectivity index (χ0) is 39.7. The molecule has 11 nitrogen and oxygen atoms in total. The first-order valence-electron chi connectivity index (χ1n) is 17.5. The summed E-state index contributed by atoms with van der Waals surface area (Å²) < 4.78 is 28.9. The third-order valence-electron chi connectivity index (χ3n) is 9.40. The number of phenols is 1. The summed E-state index contributed by atoms with van der Waals surface area (Å²) in [7, 11) is -4.40. The fourth-order valence-electron chi connectivity index (χ4n) is 6.55. The molecule has 1 amide bonds. The molecule has 1 unspecified atom stereocenters. The number of carbonyl (C=O) groups is 1. The smallest absolute Gasteiger partial charge is 0.280 e. The number of hydrogen-bond donors (Lipinski definition) is 3. The zero-order valence-electron chi connectivity index (χ0n) is 30.0. The maximum absolute atomic E-state index is 14.0. The summed E-state index contributed by atoms with van der Waals surface area (Å²) in [6.45, 7) is 5.62. The van der Waals surface area contributed by atoms with Gasteiger partial charge in [0.1, 0.15) is 16.9 Å². The summed E-state index contributed by atoms with van der Waals surface area (Å²) in [5, 5.41) is 15.1. The van der Waals surface area contributed by atoms with Crippen molar-refractivity contribution in [2.75, 3.05) is 38.8 Å². The van der Waals surface area contributed by atoms with Crippen LogP contribution < -0.4 is 25.5 Å². The van der Waals surface area contributed by atoms with Crippen LogP contribution in [0.5, 0.6) is 5.75 Å². The highest BCUT2D eigenvalue weighted by atomic mass is 35.5. The van der Waals surface area contributed by atoms with Crippen LogP contribution >= 0.6 is 46.6 Å². The maximum atomic E-state index is 14.0. The van der Waals surface area contributed by atoms with Gasteiger partial charge in [-0.15, -0.1) is 11.8 Å². The third-order valence-corrected chi connectivity index (χ3v) is 12.8. The number of para-hydroxylation sites is 2. The second-order valence-corrected chi connectivity index (χ2v) is 16.8. The van der Waals surface area contributed by atoms with Crippen LogP contribution in [0, 0.1) is 0 Å². The van der Waals surface area contributed by atoms with Crippen LogP contribution in [-0.2, 0) is 21.2 Å². The van der Waals surface area contributed by atoms with Crippen LogP contribution in [0.4, 0.5) is 22.7 Å². The number of carbonyl (C=O) groups excluding carboxylic acids is 1. The van der Waals surface area contributed by atoms with Crippen LogP contribution in [0.25, 0.3) is 10.9 Å². The number of anilines is 4. The van der Waals surface area contributed by atoms with Crippen molar-refractivity contribution < 1.29 is 18.3 Å². The lowest BCUT2D eigenvalue weighted by Crippen LogP contribution is -2.36. The van der Waals surface area contributed by atoms with E-state index >= 15 is 0 Å². The Morgan fingerprint density at radius 2 is 1.61 bits per heavy atom. The summed E-state index contributed by atoms with van der Waals surface area (Å²) in [4.78, 5) is 37.8. The number of aromatic nitrogens is 2. The van der Waals surface area contributed by atoms with E-state index in [9.17, 15) is 23.1 Å². The van der Waals surface area contributed by atoms with Crippen molar-refractivity contribution in [3.05, 3.63) is 146 Å². The molecule has 7 rings (SSSR count). The van der Waals surface area contributed by atoms with Crippen molar-refractivity contribution in [2.24, 2.45) is 0 Å². The Morgan fingerprint density at radius 3 is 2.30 bits per heavy atom. The minimum atomic E-state index is -4.40. The molecule has 1 aromatic heterocycles. The van der Waals surface area contributed by atoms with E-state index in [1.807, 2.05) is 38.1 Å². The van der Waals surface area contributed by atoms with Crippen LogP contribution in [-0.4, -0.2) is 47.9 Å². The number of thioether (sulfide) groups is 1. The molecular weight excluding hydrogens is 815 g/mol. The summed E-state index contributed by atoms with van der Waals surface area (Å²) in [6, 6.07) is 28.1. The second kappa shape index (κ2) is 16.3. The SMILES string of the molecule is CCN(CC)c1ccc(C2SCC(=O)N2c2ccc(S(=O)(=O)Nn3c(Cc4ccccc4Nc4c(Cl)cccc4Cl)nc4cc(Cl)ccc4c3=O)cc2)c(O)c1.